The summed E-state index contributed by atoms with van der Waals surface area (Å²) in [5.74, 6) is 1.05. The molecule has 0 atom stereocenters. The molecule has 1 aromatic heterocycles. The maximum atomic E-state index is 10.0. The van der Waals surface area contributed by atoms with Gasteiger partial charge in [0.25, 0.3) is 0 Å². The maximum absolute atomic E-state index is 10.0. The molecule has 2 aromatic rings. The highest BCUT2D eigenvalue weighted by Crippen LogP contribution is 2.29. The molecule has 2 heterocycles. The molecule has 0 radical (unpaired) electrons. The van der Waals surface area contributed by atoms with Gasteiger partial charge >= 0.3 is 0 Å². The molecule has 1 aliphatic heterocycles. The van der Waals surface area contributed by atoms with Crippen molar-refractivity contribution in [2.45, 2.75) is 25.4 Å². The molecule has 0 spiro atoms. The van der Waals surface area contributed by atoms with E-state index in [1.54, 1.807) is 0 Å². The first-order valence-corrected chi connectivity index (χ1v) is 6.47. The lowest BCUT2D eigenvalue weighted by molar-refractivity contribution is 0.0350. The predicted molar refractivity (Wildman–Crippen MR) is 73.8 cm³/mol. The van der Waals surface area contributed by atoms with E-state index in [0.29, 0.717) is 0 Å². The van der Waals surface area contributed by atoms with E-state index in [0.717, 1.165) is 31.7 Å². The van der Waals surface area contributed by atoms with Crippen molar-refractivity contribution < 1.29 is 5.11 Å². The molecule has 3 nitrogen and oxygen atoms in total. The van der Waals surface area contributed by atoms with Crippen LogP contribution >= 0.6 is 0 Å². The molecule has 1 saturated heterocycles. The van der Waals surface area contributed by atoms with Crippen LogP contribution in [0.5, 0.6) is 0 Å². The zero-order valence-electron chi connectivity index (χ0n) is 10.6. The highest BCUT2D eigenvalue weighted by Gasteiger charge is 2.28. The van der Waals surface area contributed by atoms with Gasteiger partial charge in [-0.3, -0.25) is 0 Å². The van der Waals surface area contributed by atoms with E-state index in [1.807, 2.05) is 31.3 Å². The van der Waals surface area contributed by atoms with Gasteiger partial charge in [-0.15, -0.1) is 0 Å². The first kappa shape index (κ1) is 11.5. The van der Waals surface area contributed by atoms with Crippen molar-refractivity contribution in [2.24, 2.45) is 0 Å². The normalized spacial score (nSPS) is 19.1. The third kappa shape index (κ3) is 2.06. The second kappa shape index (κ2) is 4.25. The molecule has 0 bridgehead atoms. The molecule has 1 N–H and O–H groups in total. The van der Waals surface area contributed by atoms with Gasteiger partial charge in [-0.1, -0.05) is 24.3 Å². The number of anilines is 1. The second-order valence-electron chi connectivity index (χ2n) is 5.34. The number of nitrogens with zero attached hydrogens (tertiary/aromatic N) is 2. The van der Waals surface area contributed by atoms with Crippen LogP contribution in [-0.4, -0.2) is 28.8 Å². The second-order valence-corrected chi connectivity index (χ2v) is 5.34. The molecular formula is C15H18N2O. The largest absolute Gasteiger partial charge is 0.390 e. The van der Waals surface area contributed by atoms with Gasteiger partial charge in [0.1, 0.15) is 5.82 Å². The van der Waals surface area contributed by atoms with Crippen LogP contribution in [-0.2, 0) is 0 Å². The molecule has 3 heteroatoms. The van der Waals surface area contributed by atoms with Crippen LogP contribution < -0.4 is 4.90 Å². The molecule has 0 aliphatic carbocycles. The number of hydrogen-bond acceptors (Lipinski definition) is 3. The van der Waals surface area contributed by atoms with Crippen molar-refractivity contribution in [2.75, 3.05) is 18.0 Å². The Morgan fingerprint density at radius 1 is 1.17 bits per heavy atom. The van der Waals surface area contributed by atoms with Gasteiger partial charge in [-0.2, -0.15) is 0 Å². The third-order valence-electron chi connectivity index (χ3n) is 3.79. The Hall–Kier alpha value is -1.61. The van der Waals surface area contributed by atoms with Crippen molar-refractivity contribution in [1.29, 1.82) is 0 Å². The fourth-order valence-corrected chi connectivity index (χ4v) is 2.56. The minimum absolute atomic E-state index is 0.513. The van der Waals surface area contributed by atoms with E-state index in [9.17, 15) is 5.11 Å². The maximum Gasteiger partial charge on any atom is 0.136 e. The Labute approximate surface area is 107 Å². The van der Waals surface area contributed by atoms with Gasteiger partial charge in [0.15, 0.2) is 0 Å². The lowest BCUT2D eigenvalue weighted by Crippen LogP contribution is -2.42. The number of fused-ring (bicyclic) bond motifs is 1. The van der Waals surface area contributed by atoms with Crippen molar-refractivity contribution >= 4 is 16.6 Å². The van der Waals surface area contributed by atoms with Gasteiger partial charge in [0.05, 0.1) is 5.60 Å². The number of benzene rings is 1. The standard InChI is InChI=1S/C15H18N2O/c1-15(18)7-10-17(11-8-15)14-13-5-3-2-4-12(13)6-9-16-14/h2-6,9,18H,7-8,10-11H2,1H3. The van der Waals surface area contributed by atoms with Gasteiger partial charge in [0.2, 0.25) is 0 Å². The highest BCUT2D eigenvalue weighted by molar-refractivity contribution is 5.92. The van der Waals surface area contributed by atoms with Gasteiger partial charge in [-0.05, 0) is 31.2 Å². The quantitative estimate of drug-likeness (QED) is 0.835. The molecule has 1 aromatic carbocycles. The van der Waals surface area contributed by atoms with Crippen molar-refractivity contribution in [3.63, 3.8) is 0 Å². The van der Waals surface area contributed by atoms with Crippen molar-refractivity contribution in [3.8, 4) is 0 Å². The summed E-state index contributed by atoms with van der Waals surface area (Å²) in [7, 11) is 0. The summed E-state index contributed by atoms with van der Waals surface area (Å²) >= 11 is 0. The number of aromatic nitrogens is 1. The minimum atomic E-state index is -0.513. The summed E-state index contributed by atoms with van der Waals surface area (Å²) in [5.41, 5.74) is -0.513. The van der Waals surface area contributed by atoms with Crippen LogP contribution in [0.1, 0.15) is 19.8 Å². The first-order chi connectivity index (χ1) is 8.66. The summed E-state index contributed by atoms with van der Waals surface area (Å²) in [6.45, 7) is 3.66. The number of piperidine rings is 1. The Morgan fingerprint density at radius 3 is 2.67 bits per heavy atom. The van der Waals surface area contributed by atoms with Gasteiger partial charge in [-0.25, -0.2) is 4.98 Å². The number of hydrogen-bond donors (Lipinski definition) is 1. The number of pyridine rings is 1. The third-order valence-corrected chi connectivity index (χ3v) is 3.79. The zero-order valence-corrected chi connectivity index (χ0v) is 10.6. The van der Waals surface area contributed by atoms with E-state index in [4.69, 9.17) is 0 Å². The average Bonchev–Trinajstić information content (AvgIpc) is 2.38. The summed E-state index contributed by atoms with van der Waals surface area (Å²) in [4.78, 5) is 6.80. The lowest BCUT2D eigenvalue weighted by atomic mass is 9.93. The smallest absolute Gasteiger partial charge is 0.136 e. The predicted octanol–water partition coefficient (Wildman–Crippen LogP) is 2.59. The highest BCUT2D eigenvalue weighted by atomic mass is 16.3. The molecule has 0 amide bonds. The first-order valence-electron chi connectivity index (χ1n) is 6.47. The van der Waals surface area contributed by atoms with E-state index >= 15 is 0 Å². The van der Waals surface area contributed by atoms with Crippen LogP contribution in [0.15, 0.2) is 36.5 Å². The van der Waals surface area contributed by atoms with Crippen molar-refractivity contribution in [3.05, 3.63) is 36.5 Å². The molecule has 1 fully saturated rings. The molecule has 1 aliphatic rings. The molecule has 18 heavy (non-hydrogen) atoms. The van der Waals surface area contributed by atoms with Gasteiger partial charge in [0, 0.05) is 24.7 Å². The SMILES string of the molecule is CC1(O)CCN(c2nccc3ccccc23)CC1. The van der Waals surface area contributed by atoms with Crippen molar-refractivity contribution in [1.82, 2.24) is 4.98 Å². The topological polar surface area (TPSA) is 36.4 Å². The number of rotatable bonds is 1. The fraction of sp³-hybridized carbons (Fsp3) is 0.400. The lowest BCUT2D eigenvalue weighted by Gasteiger charge is -2.36. The van der Waals surface area contributed by atoms with Crippen LogP contribution in [0.3, 0.4) is 0 Å². The Morgan fingerprint density at radius 2 is 1.89 bits per heavy atom. The van der Waals surface area contributed by atoms with E-state index in [-0.39, 0.29) is 0 Å². The molecule has 3 rings (SSSR count). The summed E-state index contributed by atoms with van der Waals surface area (Å²) in [5, 5.41) is 12.4. The zero-order chi connectivity index (χ0) is 12.6. The molecule has 0 saturated carbocycles. The van der Waals surface area contributed by atoms with E-state index in [2.05, 4.69) is 22.0 Å². The Kier molecular flexibility index (Phi) is 2.71. The number of aliphatic hydroxyl groups is 1. The van der Waals surface area contributed by atoms with E-state index < -0.39 is 5.60 Å². The van der Waals surface area contributed by atoms with Crippen LogP contribution in [0.25, 0.3) is 10.8 Å². The van der Waals surface area contributed by atoms with Gasteiger partial charge < -0.3 is 10.0 Å². The van der Waals surface area contributed by atoms with E-state index in [1.165, 1.54) is 10.8 Å². The minimum Gasteiger partial charge on any atom is -0.390 e. The summed E-state index contributed by atoms with van der Waals surface area (Å²) in [6, 6.07) is 10.4. The molecule has 0 unspecified atom stereocenters. The monoisotopic (exact) mass is 242 g/mol. The van der Waals surface area contributed by atoms with Crippen LogP contribution in [0, 0.1) is 0 Å². The Bertz CT molecular complexity index is 550. The summed E-state index contributed by atoms with van der Waals surface area (Å²) in [6.07, 6.45) is 3.47. The molecular weight excluding hydrogens is 224 g/mol. The average molecular weight is 242 g/mol. The van der Waals surface area contributed by atoms with Crippen LogP contribution in [0.4, 0.5) is 5.82 Å². The fourth-order valence-electron chi connectivity index (χ4n) is 2.56. The Balaban J connectivity index is 1.96. The molecule has 94 valence electrons. The van der Waals surface area contributed by atoms with Crippen LogP contribution in [0.2, 0.25) is 0 Å². The summed E-state index contributed by atoms with van der Waals surface area (Å²) < 4.78 is 0.